The molecular formula is C87H122N24O21S. The summed E-state index contributed by atoms with van der Waals surface area (Å²) in [7, 11) is 3.83. The molecule has 26 N–H and O–H groups in total. The molecule has 46 heteroatoms. The van der Waals surface area contributed by atoms with E-state index >= 15 is 28.8 Å². The van der Waals surface area contributed by atoms with Crippen molar-refractivity contribution in [3.05, 3.63) is 102 Å². The zero-order valence-electron chi connectivity index (χ0n) is 75.0. The zero-order chi connectivity index (χ0) is 97.6. The molecule has 5 heterocycles. The van der Waals surface area contributed by atoms with Gasteiger partial charge in [0.25, 0.3) is 0 Å². The highest BCUT2D eigenvalue weighted by molar-refractivity contribution is 8.00. The highest BCUT2D eigenvalue weighted by atomic mass is 32.2. The number of likely N-dealkylation sites (N-methyl/N-ethyl adjacent to an activating group) is 3. The second kappa shape index (κ2) is 49.9. The van der Waals surface area contributed by atoms with Gasteiger partial charge >= 0.3 is 0 Å². The van der Waals surface area contributed by atoms with Gasteiger partial charge < -0.3 is 132 Å². The fourth-order valence-electron chi connectivity index (χ4n) is 16.1. The van der Waals surface area contributed by atoms with E-state index in [9.17, 15) is 72.5 Å². The lowest BCUT2D eigenvalue weighted by Gasteiger charge is -2.36. The maximum Gasteiger partial charge on any atom is 0.246 e. The van der Waals surface area contributed by atoms with Gasteiger partial charge in [-0.05, 0) is 99.2 Å². The second-order valence-electron chi connectivity index (χ2n) is 33.2. The van der Waals surface area contributed by atoms with Crippen LogP contribution in [0.4, 0.5) is 0 Å². The number of aromatic amines is 2. The molecule has 0 bridgehead atoms. The van der Waals surface area contributed by atoms with Crippen LogP contribution in [0.5, 0.6) is 5.75 Å². The third-order valence-electron chi connectivity index (χ3n) is 23.4. The van der Waals surface area contributed by atoms with Crippen molar-refractivity contribution in [3.8, 4) is 5.75 Å². The monoisotopic (exact) mass is 1870 g/mol. The standard InChI is InChI=1S/C87H122N24O21S/c1-7-9-23-64-79(125)99-55(22-15-31-94-87(92)93)75(121)106-63(74(120)97-42-71(91)117)44-133-45-72(118)98-58(34-47-27-29-50(113)30-28-47)82(128)107(4)46(3)73(119)102-60(38-69(89)115)84(130)110-32-17-26-66(110)81(127)101-57(37-68(88)114)77(123)104-61(39-70(90)116)85(131)111-33-16-25-65(111)80(126)100-56(35-48-40-95-53-20-13-11-18-51(48)53)76(122)105-62(43-112)78(124)103-59(36-49-41-96-54-21-14-12-19-52(49)54)83(129)109(6)67(24-10-8-2)86(132)108(64)5/h11-14,18-21,27-30,40-41,46,55-67,95-96,112-113H,7-10,15-17,22-26,31-39,42-45H2,1-6H3,(H2,88,114)(H2,89,115)(H2,90,116)(H2,91,117)(H,97,120)(H,98,118)(H,99,125)(H,100,126)(H,101,127)(H,102,119)(H,103,124)(H,104,123)(H,105,122)(H,106,121)(H4,92,93,94)/t46-,55-,56-,57-,58-,59-,60+,61-,62-,63-,64-,65-,66-,67-/m0/s1. The maximum absolute atomic E-state index is 15.7. The van der Waals surface area contributed by atoms with E-state index in [2.05, 4.69) is 68.5 Å². The van der Waals surface area contributed by atoms with Crippen LogP contribution in [-0.4, -0.2) is 313 Å². The molecule has 722 valence electrons. The third-order valence-corrected chi connectivity index (χ3v) is 24.5. The van der Waals surface area contributed by atoms with Gasteiger partial charge in [-0.25, -0.2) is 0 Å². The smallest absolute Gasteiger partial charge is 0.246 e. The average Bonchev–Trinajstić information content (AvgIpc) is 1.67. The van der Waals surface area contributed by atoms with E-state index in [1.54, 1.807) is 60.9 Å². The number of guanidine groups is 1. The molecule has 0 saturated carbocycles. The minimum atomic E-state index is -1.97. The molecule has 45 nitrogen and oxygen atoms in total. The molecule has 3 aliphatic rings. The molecule has 3 fully saturated rings. The number of benzene rings is 3. The van der Waals surface area contributed by atoms with E-state index in [1.807, 2.05) is 13.8 Å². The van der Waals surface area contributed by atoms with Gasteiger partial charge in [-0.2, -0.15) is 0 Å². The van der Waals surface area contributed by atoms with Crippen LogP contribution in [0.2, 0.25) is 0 Å². The van der Waals surface area contributed by atoms with Crippen molar-refractivity contribution in [1.82, 2.24) is 93.0 Å². The Labute approximate surface area is 770 Å². The highest BCUT2D eigenvalue weighted by Gasteiger charge is 2.46. The number of H-pyrrole nitrogens is 2. The van der Waals surface area contributed by atoms with Crippen LogP contribution in [0.3, 0.4) is 0 Å². The Balaban J connectivity index is 1.19. The zero-order valence-corrected chi connectivity index (χ0v) is 75.8. The molecule has 5 aromatic rings. The van der Waals surface area contributed by atoms with Gasteiger partial charge in [-0.1, -0.05) is 88.1 Å². The van der Waals surface area contributed by atoms with Crippen LogP contribution in [0.15, 0.2) is 85.2 Å². The van der Waals surface area contributed by atoms with Crippen LogP contribution < -0.4 is 87.2 Å². The number of amides is 19. The fourth-order valence-corrected chi connectivity index (χ4v) is 16.9. The molecule has 0 unspecified atom stereocenters. The molecule has 2 aromatic heterocycles. The van der Waals surface area contributed by atoms with Gasteiger partial charge in [0, 0.05) is 100.0 Å². The number of primary amides is 4. The largest absolute Gasteiger partial charge is 0.508 e. The van der Waals surface area contributed by atoms with Crippen molar-refractivity contribution in [3.63, 3.8) is 0 Å². The lowest BCUT2D eigenvalue weighted by Crippen LogP contribution is -2.62. The molecular weight excluding hydrogens is 1750 g/mol. The molecule has 133 heavy (non-hydrogen) atoms. The number of nitrogens with zero attached hydrogens (tertiary/aromatic N) is 5. The van der Waals surface area contributed by atoms with Gasteiger partial charge in [0.15, 0.2) is 5.96 Å². The van der Waals surface area contributed by atoms with E-state index in [1.165, 1.54) is 52.3 Å². The van der Waals surface area contributed by atoms with E-state index in [0.717, 1.165) is 36.3 Å². The number of hydrogen-bond acceptors (Lipinski definition) is 23. The number of rotatable bonds is 26. The molecule has 14 atom stereocenters. The van der Waals surface area contributed by atoms with Crippen molar-refractivity contribution in [2.24, 2.45) is 28.7 Å². The number of phenols is 1. The van der Waals surface area contributed by atoms with E-state index in [-0.39, 0.29) is 96.0 Å². The molecule has 3 saturated heterocycles. The Kier molecular flexibility index (Phi) is 39.2. The number of aliphatic hydroxyl groups excluding tert-OH is 1. The lowest BCUT2D eigenvalue weighted by molar-refractivity contribution is -0.149. The summed E-state index contributed by atoms with van der Waals surface area (Å²) in [6.45, 7) is 2.57. The fraction of sp³-hybridized carbons (Fsp3) is 0.517. The molecule has 3 aromatic carbocycles. The number of phenolic OH excluding ortho intramolecular Hbond substituents is 1. The minimum absolute atomic E-state index is 0.0237. The number of thioether (sulfide) groups is 1. The summed E-state index contributed by atoms with van der Waals surface area (Å²) in [5.74, 6) is -21.3. The number of aromatic nitrogens is 2. The Hall–Kier alpha value is -14.0. The first-order valence-corrected chi connectivity index (χ1v) is 45.1. The van der Waals surface area contributed by atoms with Gasteiger partial charge in [-0.3, -0.25) is 96.5 Å². The van der Waals surface area contributed by atoms with Crippen molar-refractivity contribution in [1.29, 1.82) is 5.41 Å². The normalized spacial score (nSPS) is 24.3. The summed E-state index contributed by atoms with van der Waals surface area (Å²) in [6, 6.07) is -3.68. The van der Waals surface area contributed by atoms with Crippen LogP contribution in [0.25, 0.3) is 21.8 Å². The van der Waals surface area contributed by atoms with Crippen LogP contribution in [0.1, 0.15) is 134 Å². The molecule has 0 spiro atoms. The number of hydrogen-bond donors (Lipinski definition) is 21. The predicted molar refractivity (Wildman–Crippen MR) is 484 cm³/mol. The van der Waals surface area contributed by atoms with Crippen LogP contribution >= 0.6 is 11.8 Å². The molecule has 0 aliphatic carbocycles. The summed E-state index contributed by atoms with van der Waals surface area (Å²) in [4.78, 5) is 285. The number of unbranched alkanes of at least 4 members (excludes halogenated alkanes) is 2. The SMILES string of the molecule is CCCC[C@H]1C(=O)N(C)[C@@H](CCCC)C(=O)N[C@@H](CCCNC(=N)N)C(=O)N[C@H](C(=O)NCC(N)=O)CSCC(=O)N[C@@H](Cc2ccc(O)cc2)C(=O)N(C)[C@@H](C)C(=O)N[C@H](CC(N)=O)C(=O)N2CCC[C@H]2C(=O)N[C@@H](CC(N)=O)C(=O)N[C@@H](CC(N)=O)C(=O)N2CCC[C@H]2C(=O)N[C@@H](Cc2c[nH]c3ccccc23)C(=O)N[C@@H](CO)C(=O)N[C@@H](Cc2c[nH]c3ccccc23)C(=O)N1C. The first-order chi connectivity index (χ1) is 63.2. The van der Waals surface area contributed by atoms with Crippen molar-refractivity contribution < 1.29 is 101 Å². The number of aliphatic hydroxyl groups is 1. The van der Waals surface area contributed by atoms with E-state index < -0.39 is 247 Å². The summed E-state index contributed by atoms with van der Waals surface area (Å²) in [5.41, 5.74) is 30.6. The summed E-state index contributed by atoms with van der Waals surface area (Å²) in [6.07, 6.45) is 0.749. The first kappa shape index (κ1) is 104. The molecule has 8 rings (SSSR count). The Bertz CT molecular complexity index is 5090. The first-order valence-electron chi connectivity index (χ1n) is 43.9. The summed E-state index contributed by atoms with van der Waals surface area (Å²) < 4.78 is 0. The van der Waals surface area contributed by atoms with Crippen LogP contribution in [-0.2, 0) is 110 Å². The average molecular weight is 1870 g/mol. The van der Waals surface area contributed by atoms with Crippen molar-refractivity contribution in [2.75, 3.05) is 65.4 Å². The lowest BCUT2D eigenvalue weighted by atomic mass is 10.00. The highest BCUT2D eigenvalue weighted by Crippen LogP contribution is 2.27. The summed E-state index contributed by atoms with van der Waals surface area (Å²) in [5, 5.41) is 58.4. The van der Waals surface area contributed by atoms with Gasteiger partial charge in [0.05, 0.1) is 38.2 Å². The number of carbonyl (C=O) groups is 19. The van der Waals surface area contributed by atoms with E-state index in [4.69, 9.17) is 34.1 Å². The van der Waals surface area contributed by atoms with Gasteiger partial charge in [-0.15, -0.1) is 11.8 Å². The number of carbonyl (C=O) groups excluding carboxylic acids is 19. The van der Waals surface area contributed by atoms with E-state index in [0.29, 0.717) is 64.2 Å². The van der Waals surface area contributed by atoms with Gasteiger partial charge in [0.1, 0.15) is 90.3 Å². The Morgan fingerprint density at radius 3 is 1.45 bits per heavy atom. The molecule has 3 aliphatic heterocycles. The van der Waals surface area contributed by atoms with Crippen molar-refractivity contribution in [2.45, 2.75) is 221 Å². The van der Waals surface area contributed by atoms with Gasteiger partial charge in [0.2, 0.25) is 112 Å². The number of nitrogens with two attached hydrogens (primary N) is 5. The minimum Gasteiger partial charge on any atom is -0.508 e. The molecule has 19 amide bonds. The topological polar surface area (TPSA) is 699 Å². The Morgan fingerprint density at radius 2 is 0.917 bits per heavy atom. The number of fused-ring (bicyclic) bond motifs is 4. The third kappa shape index (κ3) is 29.5. The number of nitrogens with one attached hydrogen (secondary N) is 14. The number of aromatic hydroxyl groups is 1. The number of para-hydroxylation sites is 2. The maximum atomic E-state index is 15.7. The quantitative estimate of drug-likeness (QED) is 0.0140. The Morgan fingerprint density at radius 1 is 0.466 bits per heavy atom. The van der Waals surface area contributed by atoms with Crippen molar-refractivity contribution >= 4 is 152 Å². The second-order valence-corrected chi connectivity index (χ2v) is 34.2. The summed E-state index contributed by atoms with van der Waals surface area (Å²) >= 11 is 0.739. The molecule has 0 radical (unpaired) electrons. The van der Waals surface area contributed by atoms with Crippen LogP contribution in [0, 0.1) is 5.41 Å². The predicted octanol–water partition coefficient (Wildman–Crippen LogP) is -5.16.